The number of likely N-dealkylation sites (N-methyl/N-ethyl adjacent to an activating group) is 1. The Labute approximate surface area is 121 Å². The maximum Gasteiger partial charge on any atom is 0.172 e. The van der Waals surface area contributed by atoms with Crippen LogP contribution in [0.2, 0.25) is 0 Å². The lowest BCUT2D eigenvalue weighted by molar-refractivity contribution is -0.131. The van der Waals surface area contributed by atoms with Crippen molar-refractivity contribution in [2.24, 2.45) is 0 Å². The molecule has 0 fully saturated rings. The number of fused-ring (bicyclic) bond motifs is 1. The molecule has 4 nitrogen and oxygen atoms in total. The molecule has 1 aliphatic heterocycles. The molecule has 1 heterocycles. The van der Waals surface area contributed by atoms with Crippen molar-refractivity contribution in [3.05, 3.63) is 35.4 Å². The Hall–Kier alpha value is -0.940. The predicted octanol–water partition coefficient (Wildman–Crippen LogP) is 2.29. The van der Waals surface area contributed by atoms with E-state index in [1.807, 2.05) is 0 Å². The summed E-state index contributed by atoms with van der Waals surface area (Å²) in [5.41, 5.74) is 2.69. The molecule has 0 saturated carbocycles. The number of nitrogens with one attached hydrogen (secondary N) is 1. The fourth-order valence-corrected chi connectivity index (χ4v) is 2.88. The van der Waals surface area contributed by atoms with Gasteiger partial charge in [-0.2, -0.15) is 0 Å². The van der Waals surface area contributed by atoms with Gasteiger partial charge in [-0.3, -0.25) is 0 Å². The minimum atomic E-state index is -0.257. The summed E-state index contributed by atoms with van der Waals surface area (Å²) in [6, 6.07) is 8.64. The number of hydrogen-bond acceptors (Lipinski definition) is 4. The molecule has 4 heteroatoms. The first-order valence-corrected chi connectivity index (χ1v) is 7.28. The van der Waals surface area contributed by atoms with Crippen LogP contribution in [0.4, 0.5) is 0 Å². The molecule has 1 aromatic carbocycles. The lowest BCUT2D eigenvalue weighted by Gasteiger charge is -2.32. The highest BCUT2D eigenvalue weighted by atomic mass is 16.7. The zero-order valence-corrected chi connectivity index (χ0v) is 12.6. The highest BCUT2D eigenvalue weighted by molar-refractivity contribution is 5.31. The molecular weight excluding hydrogens is 254 g/mol. The van der Waals surface area contributed by atoms with E-state index in [9.17, 15) is 0 Å². The molecule has 0 amide bonds. The van der Waals surface area contributed by atoms with Gasteiger partial charge in [0, 0.05) is 14.2 Å². The van der Waals surface area contributed by atoms with Crippen LogP contribution in [0.25, 0.3) is 0 Å². The quantitative estimate of drug-likeness (QED) is 0.777. The van der Waals surface area contributed by atoms with E-state index in [1.54, 1.807) is 14.2 Å². The molecule has 1 aliphatic rings. The van der Waals surface area contributed by atoms with Gasteiger partial charge in [-0.25, -0.2) is 0 Å². The van der Waals surface area contributed by atoms with E-state index >= 15 is 0 Å². The highest BCUT2D eigenvalue weighted by Gasteiger charge is 2.28. The highest BCUT2D eigenvalue weighted by Crippen LogP contribution is 2.31. The lowest BCUT2D eigenvalue weighted by Crippen LogP contribution is -2.43. The Balaban J connectivity index is 2.11. The van der Waals surface area contributed by atoms with Gasteiger partial charge in [0.25, 0.3) is 0 Å². The van der Waals surface area contributed by atoms with Crippen LogP contribution < -0.4 is 5.32 Å². The summed E-state index contributed by atoms with van der Waals surface area (Å²) >= 11 is 0. The minimum absolute atomic E-state index is 0.108. The zero-order chi connectivity index (χ0) is 14.4. The lowest BCUT2D eigenvalue weighted by atomic mass is 9.93. The first kappa shape index (κ1) is 15.4. The third kappa shape index (κ3) is 3.58. The maximum atomic E-state index is 5.97. The first-order valence-electron chi connectivity index (χ1n) is 7.28. The summed E-state index contributed by atoms with van der Waals surface area (Å²) in [7, 11) is 3.35. The fraction of sp³-hybridized carbons (Fsp3) is 0.625. The second-order valence-corrected chi connectivity index (χ2v) is 5.05. The second kappa shape index (κ2) is 7.74. The molecular formula is C16H25NO3. The number of ether oxygens (including phenoxy) is 3. The van der Waals surface area contributed by atoms with Gasteiger partial charge < -0.3 is 19.5 Å². The summed E-state index contributed by atoms with van der Waals surface area (Å²) in [6.07, 6.45) is 1.69. The summed E-state index contributed by atoms with van der Waals surface area (Å²) in [4.78, 5) is 0. The molecule has 2 unspecified atom stereocenters. The SMILES string of the molecule is CCNC(CC1OCCc2ccccc21)C(OC)OC. The van der Waals surface area contributed by atoms with Gasteiger partial charge in [-0.05, 0) is 30.5 Å². The molecule has 0 bridgehead atoms. The molecule has 2 atom stereocenters. The average molecular weight is 279 g/mol. The molecule has 2 rings (SSSR count). The van der Waals surface area contributed by atoms with Crippen molar-refractivity contribution in [1.82, 2.24) is 5.32 Å². The molecule has 0 radical (unpaired) electrons. The van der Waals surface area contributed by atoms with Crippen molar-refractivity contribution in [1.29, 1.82) is 0 Å². The van der Waals surface area contributed by atoms with Crippen molar-refractivity contribution < 1.29 is 14.2 Å². The summed E-state index contributed by atoms with van der Waals surface area (Å²) in [6.45, 7) is 3.75. The predicted molar refractivity (Wildman–Crippen MR) is 78.7 cm³/mol. The third-order valence-corrected chi connectivity index (χ3v) is 3.82. The van der Waals surface area contributed by atoms with Crippen LogP contribution in [0.15, 0.2) is 24.3 Å². The molecule has 0 spiro atoms. The zero-order valence-electron chi connectivity index (χ0n) is 12.6. The van der Waals surface area contributed by atoms with Crippen LogP contribution in [-0.2, 0) is 20.6 Å². The smallest absolute Gasteiger partial charge is 0.172 e. The fourth-order valence-electron chi connectivity index (χ4n) is 2.88. The van der Waals surface area contributed by atoms with Crippen LogP contribution in [0, 0.1) is 0 Å². The van der Waals surface area contributed by atoms with Gasteiger partial charge in [0.2, 0.25) is 0 Å². The molecule has 112 valence electrons. The monoisotopic (exact) mass is 279 g/mol. The number of benzene rings is 1. The van der Waals surface area contributed by atoms with E-state index in [0.717, 1.165) is 26.0 Å². The van der Waals surface area contributed by atoms with Crippen LogP contribution in [-0.4, -0.2) is 39.7 Å². The Morgan fingerprint density at radius 1 is 1.30 bits per heavy atom. The van der Waals surface area contributed by atoms with Crippen LogP contribution in [0.5, 0.6) is 0 Å². The largest absolute Gasteiger partial charge is 0.373 e. The normalized spacial score (nSPS) is 19.9. The number of rotatable bonds is 7. The van der Waals surface area contributed by atoms with Crippen molar-refractivity contribution in [3.63, 3.8) is 0 Å². The molecule has 1 N–H and O–H groups in total. The van der Waals surface area contributed by atoms with Gasteiger partial charge in [0.05, 0.1) is 18.8 Å². The maximum absolute atomic E-state index is 5.97. The van der Waals surface area contributed by atoms with Crippen LogP contribution in [0.3, 0.4) is 0 Å². The van der Waals surface area contributed by atoms with Crippen LogP contribution >= 0.6 is 0 Å². The molecule has 0 aromatic heterocycles. The van der Waals surface area contributed by atoms with Crippen molar-refractivity contribution in [2.75, 3.05) is 27.4 Å². The van der Waals surface area contributed by atoms with E-state index in [0.29, 0.717) is 0 Å². The van der Waals surface area contributed by atoms with E-state index in [-0.39, 0.29) is 18.4 Å². The summed E-state index contributed by atoms with van der Waals surface area (Å²) in [5.74, 6) is 0. The molecule has 20 heavy (non-hydrogen) atoms. The summed E-state index contributed by atoms with van der Waals surface area (Å²) in [5, 5.41) is 3.43. The topological polar surface area (TPSA) is 39.7 Å². The Kier molecular flexibility index (Phi) is 5.98. The molecule has 0 aliphatic carbocycles. The third-order valence-electron chi connectivity index (χ3n) is 3.82. The van der Waals surface area contributed by atoms with Gasteiger partial charge >= 0.3 is 0 Å². The van der Waals surface area contributed by atoms with E-state index in [2.05, 4.69) is 36.5 Å². The Bertz CT molecular complexity index is 406. The van der Waals surface area contributed by atoms with Crippen molar-refractivity contribution >= 4 is 0 Å². The van der Waals surface area contributed by atoms with Gasteiger partial charge in [-0.15, -0.1) is 0 Å². The average Bonchev–Trinajstić information content (AvgIpc) is 2.49. The van der Waals surface area contributed by atoms with Gasteiger partial charge in [-0.1, -0.05) is 31.2 Å². The second-order valence-electron chi connectivity index (χ2n) is 5.05. The Morgan fingerprint density at radius 3 is 2.75 bits per heavy atom. The van der Waals surface area contributed by atoms with Crippen LogP contribution in [0.1, 0.15) is 30.6 Å². The minimum Gasteiger partial charge on any atom is -0.373 e. The standard InChI is InChI=1S/C16H25NO3/c1-4-17-14(16(18-2)19-3)11-15-13-8-6-5-7-12(13)9-10-20-15/h5-8,14-17H,4,9-11H2,1-3H3. The Morgan fingerprint density at radius 2 is 2.05 bits per heavy atom. The van der Waals surface area contributed by atoms with Crippen molar-refractivity contribution in [2.45, 2.75) is 38.2 Å². The first-order chi connectivity index (χ1) is 9.80. The number of hydrogen-bond donors (Lipinski definition) is 1. The number of methoxy groups -OCH3 is 2. The molecule has 0 saturated heterocycles. The van der Waals surface area contributed by atoms with E-state index in [1.165, 1.54) is 11.1 Å². The summed E-state index contributed by atoms with van der Waals surface area (Å²) < 4.78 is 16.8. The van der Waals surface area contributed by atoms with Crippen molar-refractivity contribution in [3.8, 4) is 0 Å². The van der Waals surface area contributed by atoms with E-state index < -0.39 is 0 Å². The van der Waals surface area contributed by atoms with Gasteiger partial charge in [0.15, 0.2) is 6.29 Å². The molecule has 1 aromatic rings. The van der Waals surface area contributed by atoms with Gasteiger partial charge in [0.1, 0.15) is 0 Å². The van der Waals surface area contributed by atoms with E-state index in [4.69, 9.17) is 14.2 Å².